The molecule has 1 fully saturated rings. The highest BCUT2D eigenvalue weighted by Gasteiger charge is 2.33. The van der Waals surface area contributed by atoms with Gasteiger partial charge in [-0.3, -0.25) is 4.79 Å². The molecule has 0 saturated carbocycles. The molecule has 2 heterocycles. The molecular weight excluding hydrogens is 224 g/mol. The SMILES string of the molecule is CC(C)C1=NOC(C(=O)N2CCSCC2)C1. The van der Waals surface area contributed by atoms with E-state index in [0.29, 0.717) is 12.3 Å². The van der Waals surface area contributed by atoms with Gasteiger partial charge in [0.2, 0.25) is 6.10 Å². The van der Waals surface area contributed by atoms with E-state index in [4.69, 9.17) is 4.84 Å². The molecule has 0 aromatic heterocycles. The second-order valence-corrected chi connectivity index (χ2v) is 5.70. The summed E-state index contributed by atoms with van der Waals surface area (Å²) >= 11 is 1.90. The lowest BCUT2D eigenvalue weighted by molar-refractivity contribution is -0.141. The molecule has 90 valence electrons. The highest BCUT2D eigenvalue weighted by atomic mass is 32.2. The molecular formula is C11H18N2O2S. The minimum Gasteiger partial charge on any atom is -0.382 e. The number of thioether (sulfide) groups is 1. The maximum Gasteiger partial charge on any atom is 0.266 e. The van der Waals surface area contributed by atoms with Gasteiger partial charge in [0.15, 0.2) is 0 Å². The second kappa shape index (κ2) is 5.08. The van der Waals surface area contributed by atoms with E-state index in [-0.39, 0.29) is 12.0 Å². The molecule has 16 heavy (non-hydrogen) atoms. The van der Waals surface area contributed by atoms with Crippen molar-refractivity contribution in [3.8, 4) is 0 Å². The molecule has 2 rings (SSSR count). The monoisotopic (exact) mass is 242 g/mol. The minimum absolute atomic E-state index is 0.111. The van der Waals surface area contributed by atoms with Gasteiger partial charge in [0.25, 0.3) is 5.91 Å². The van der Waals surface area contributed by atoms with Crippen molar-refractivity contribution in [2.24, 2.45) is 11.1 Å². The van der Waals surface area contributed by atoms with Crippen LogP contribution < -0.4 is 0 Å². The average Bonchev–Trinajstić information content (AvgIpc) is 2.78. The van der Waals surface area contributed by atoms with Crippen LogP contribution in [-0.2, 0) is 9.63 Å². The van der Waals surface area contributed by atoms with Crippen LogP contribution in [0.3, 0.4) is 0 Å². The zero-order valence-corrected chi connectivity index (χ0v) is 10.6. The largest absolute Gasteiger partial charge is 0.382 e. The van der Waals surface area contributed by atoms with E-state index in [2.05, 4.69) is 19.0 Å². The first kappa shape index (κ1) is 11.8. The molecule has 0 bridgehead atoms. The normalized spacial score (nSPS) is 25.6. The number of carbonyl (C=O) groups is 1. The first-order valence-corrected chi connectivity index (χ1v) is 6.93. The van der Waals surface area contributed by atoms with Crippen molar-refractivity contribution in [3.05, 3.63) is 0 Å². The molecule has 5 heteroatoms. The molecule has 4 nitrogen and oxygen atoms in total. The van der Waals surface area contributed by atoms with Crippen LogP contribution in [0, 0.1) is 5.92 Å². The van der Waals surface area contributed by atoms with Gasteiger partial charge in [0.05, 0.1) is 5.71 Å². The predicted octanol–water partition coefficient (Wildman–Crippen LogP) is 1.36. The molecule has 0 aliphatic carbocycles. The highest BCUT2D eigenvalue weighted by Crippen LogP contribution is 2.19. The van der Waals surface area contributed by atoms with Gasteiger partial charge in [-0.25, -0.2) is 0 Å². The molecule has 2 aliphatic heterocycles. The molecule has 1 amide bonds. The van der Waals surface area contributed by atoms with Crippen LogP contribution in [-0.4, -0.2) is 47.2 Å². The number of carbonyl (C=O) groups excluding carboxylic acids is 1. The Hall–Kier alpha value is -0.710. The third kappa shape index (κ3) is 2.51. The van der Waals surface area contributed by atoms with E-state index in [0.717, 1.165) is 30.3 Å². The molecule has 0 aromatic rings. The van der Waals surface area contributed by atoms with Gasteiger partial charge >= 0.3 is 0 Å². The first-order valence-electron chi connectivity index (χ1n) is 5.77. The van der Waals surface area contributed by atoms with Crippen LogP contribution in [0.5, 0.6) is 0 Å². The summed E-state index contributed by atoms with van der Waals surface area (Å²) in [5.41, 5.74) is 1.00. The van der Waals surface area contributed by atoms with Gasteiger partial charge < -0.3 is 9.74 Å². The van der Waals surface area contributed by atoms with Crippen molar-refractivity contribution in [1.82, 2.24) is 4.90 Å². The fraction of sp³-hybridized carbons (Fsp3) is 0.818. The Labute approximate surface area is 100 Å². The zero-order chi connectivity index (χ0) is 11.5. The van der Waals surface area contributed by atoms with E-state index in [1.54, 1.807) is 0 Å². The van der Waals surface area contributed by atoms with Crippen molar-refractivity contribution >= 4 is 23.4 Å². The minimum atomic E-state index is -0.361. The van der Waals surface area contributed by atoms with E-state index in [9.17, 15) is 4.79 Å². The van der Waals surface area contributed by atoms with E-state index < -0.39 is 0 Å². The Morgan fingerprint density at radius 2 is 2.19 bits per heavy atom. The van der Waals surface area contributed by atoms with Crippen LogP contribution in [0.1, 0.15) is 20.3 Å². The molecule has 1 unspecified atom stereocenters. The molecule has 0 radical (unpaired) electrons. The Kier molecular flexibility index (Phi) is 3.74. The van der Waals surface area contributed by atoms with Gasteiger partial charge in [0, 0.05) is 31.0 Å². The summed E-state index contributed by atoms with van der Waals surface area (Å²) in [6.07, 6.45) is 0.306. The molecule has 1 atom stereocenters. The molecule has 0 aromatic carbocycles. The summed E-state index contributed by atoms with van der Waals surface area (Å²) in [4.78, 5) is 19.2. The van der Waals surface area contributed by atoms with E-state index in [1.807, 2.05) is 16.7 Å². The van der Waals surface area contributed by atoms with Gasteiger partial charge in [-0.1, -0.05) is 19.0 Å². The lowest BCUT2D eigenvalue weighted by atomic mass is 10.0. The number of amides is 1. The standard InChI is InChI=1S/C11H18N2O2S/c1-8(2)9-7-10(15-12-9)11(14)13-3-5-16-6-4-13/h8,10H,3-7H2,1-2H3. The average molecular weight is 242 g/mol. The van der Waals surface area contributed by atoms with Crippen molar-refractivity contribution < 1.29 is 9.63 Å². The number of rotatable bonds is 2. The van der Waals surface area contributed by atoms with Crippen molar-refractivity contribution in [1.29, 1.82) is 0 Å². The Morgan fingerprint density at radius 3 is 2.75 bits per heavy atom. The third-order valence-electron chi connectivity index (χ3n) is 2.96. The van der Waals surface area contributed by atoms with Crippen molar-refractivity contribution in [2.75, 3.05) is 24.6 Å². The summed E-state index contributed by atoms with van der Waals surface area (Å²) in [6.45, 7) is 5.85. The van der Waals surface area contributed by atoms with Crippen molar-refractivity contribution in [2.45, 2.75) is 26.4 Å². The summed E-state index contributed by atoms with van der Waals surface area (Å²) in [5, 5.41) is 4.00. The van der Waals surface area contributed by atoms with Crippen molar-refractivity contribution in [3.63, 3.8) is 0 Å². The summed E-state index contributed by atoms with van der Waals surface area (Å²) < 4.78 is 0. The molecule has 0 spiro atoms. The Morgan fingerprint density at radius 1 is 1.50 bits per heavy atom. The summed E-state index contributed by atoms with van der Waals surface area (Å²) in [5.74, 6) is 2.56. The number of nitrogens with zero attached hydrogens (tertiary/aromatic N) is 2. The van der Waals surface area contributed by atoms with Gasteiger partial charge in [-0.2, -0.15) is 11.8 Å². The predicted molar refractivity (Wildman–Crippen MR) is 65.7 cm³/mol. The van der Waals surface area contributed by atoms with E-state index in [1.165, 1.54) is 0 Å². The molecule has 0 N–H and O–H groups in total. The lowest BCUT2D eigenvalue weighted by Crippen LogP contribution is -2.43. The topological polar surface area (TPSA) is 41.9 Å². The van der Waals surface area contributed by atoms with Gasteiger partial charge in [-0.15, -0.1) is 0 Å². The molecule has 2 aliphatic rings. The van der Waals surface area contributed by atoms with Crippen LogP contribution in [0.4, 0.5) is 0 Å². The summed E-state index contributed by atoms with van der Waals surface area (Å²) in [6, 6.07) is 0. The van der Waals surface area contributed by atoms with Crippen LogP contribution in [0.25, 0.3) is 0 Å². The zero-order valence-electron chi connectivity index (χ0n) is 9.81. The van der Waals surface area contributed by atoms with Crippen LogP contribution in [0.15, 0.2) is 5.16 Å². The van der Waals surface area contributed by atoms with E-state index >= 15 is 0 Å². The van der Waals surface area contributed by atoms with Gasteiger partial charge in [-0.05, 0) is 5.92 Å². The maximum atomic E-state index is 12.1. The smallest absolute Gasteiger partial charge is 0.266 e. The van der Waals surface area contributed by atoms with Gasteiger partial charge in [0.1, 0.15) is 0 Å². The summed E-state index contributed by atoms with van der Waals surface area (Å²) in [7, 11) is 0. The maximum absolute atomic E-state index is 12.1. The van der Waals surface area contributed by atoms with Crippen LogP contribution >= 0.6 is 11.8 Å². The fourth-order valence-electron chi connectivity index (χ4n) is 1.86. The number of hydrogen-bond donors (Lipinski definition) is 0. The highest BCUT2D eigenvalue weighted by molar-refractivity contribution is 7.99. The lowest BCUT2D eigenvalue weighted by Gasteiger charge is -2.27. The number of oxime groups is 1. The Balaban J connectivity index is 1.88. The van der Waals surface area contributed by atoms with Crippen LogP contribution in [0.2, 0.25) is 0 Å². The Bertz CT molecular complexity index is 298. The second-order valence-electron chi connectivity index (χ2n) is 4.47. The quantitative estimate of drug-likeness (QED) is 0.734. The first-order chi connectivity index (χ1) is 7.68. The fourth-order valence-corrected chi connectivity index (χ4v) is 2.76. The number of hydrogen-bond acceptors (Lipinski definition) is 4. The molecule has 1 saturated heterocycles. The third-order valence-corrected chi connectivity index (χ3v) is 3.90.